The van der Waals surface area contributed by atoms with Crippen LogP contribution in [0.2, 0.25) is 10.0 Å². The molecule has 1 saturated carbocycles. The molecule has 2 aromatic rings. The number of benzene rings is 2. The van der Waals surface area contributed by atoms with Crippen molar-refractivity contribution in [3.8, 4) is 5.75 Å². The van der Waals surface area contributed by atoms with Crippen LogP contribution < -0.4 is 4.74 Å². The molecule has 2 atom stereocenters. The second-order valence-corrected chi connectivity index (χ2v) is 12.5. The number of hydrogen-bond acceptors (Lipinski definition) is 4. The summed E-state index contributed by atoms with van der Waals surface area (Å²) in [6.07, 6.45) is 3.72. The molecule has 1 aliphatic carbocycles. The molecule has 0 bridgehead atoms. The van der Waals surface area contributed by atoms with Crippen molar-refractivity contribution in [2.75, 3.05) is 39.8 Å². The molecule has 0 aromatic heterocycles. The zero-order valence-electron chi connectivity index (χ0n) is 22.5. The summed E-state index contributed by atoms with van der Waals surface area (Å²) in [4.78, 5) is 32.2. The minimum Gasteiger partial charge on any atom is -0.410 e. The number of halogens is 2. The Morgan fingerprint density at radius 2 is 1.71 bits per heavy atom. The molecule has 2 saturated heterocycles. The fraction of sp³-hybridized carbons (Fsp3) is 0.533. The van der Waals surface area contributed by atoms with E-state index in [9.17, 15) is 9.59 Å². The van der Waals surface area contributed by atoms with E-state index < -0.39 is 0 Å². The van der Waals surface area contributed by atoms with Gasteiger partial charge in [0.1, 0.15) is 5.75 Å². The smallest absolute Gasteiger partial charge is 0.410 e. The number of ether oxygens (including phenoxy) is 1. The van der Waals surface area contributed by atoms with Crippen LogP contribution in [-0.2, 0) is 4.79 Å². The molecule has 5 rings (SSSR count). The number of carbonyl (C=O) groups excluding carboxylic acids is 2. The van der Waals surface area contributed by atoms with Crippen LogP contribution in [0.15, 0.2) is 42.5 Å². The first-order valence-electron chi connectivity index (χ1n) is 13.6. The highest BCUT2D eigenvalue weighted by atomic mass is 35.5. The van der Waals surface area contributed by atoms with Crippen LogP contribution in [0.25, 0.3) is 0 Å². The van der Waals surface area contributed by atoms with E-state index in [1.807, 2.05) is 56.4 Å². The van der Waals surface area contributed by atoms with E-state index in [1.165, 1.54) is 0 Å². The summed E-state index contributed by atoms with van der Waals surface area (Å²) in [6.45, 7) is 8.31. The Morgan fingerprint density at radius 1 is 1.03 bits per heavy atom. The fourth-order valence-electron chi connectivity index (χ4n) is 5.86. The van der Waals surface area contributed by atoms with Gasteiger partial charge in [0.2, 0.25) is 5.91 Å². The van der Waals surface area contributed by atoms with E-state index in [0.29, 0.717) is 27.6 Å². The summed E-state index contributed by atoms with van der Waals surface area (Å²) < 4.78 is 5.71. The number of likely N-dealkylation sites (N-methyl/N-ethyl adjacent to an activating group) is 1. The van der Waals surface area contributed by atoms with Gasteiger partial charge in [0, 0.05) is 51.1 Å². The molecule has 2 amide bonds. The normalized spacial score (nSPS) is 23.3. The van der Waals surface area contributed by atoms with Crippen LogP contribution in [-0.4, -0.2) is 72.5 Å². The Balaban J connectivity index is 1.26. The van der Waals surface area contributed by atoms with Crippen LogP contribution in [0.1, 0.15) is 49.7 Å². The summed E-state index contributed by atoms with van der Waals surface area (Å²) in [5.41, 5.74) is 2.08. The van der Waals surface area contributed by atoms with E-state index in [1.54, 1.807) is 4.90 Å². The highest BCUT2D eigenvalue weighted by Gasteiger charge is 2.47. The third kappa shape index (κ3) is 5.98. The Morgan fingerprint density at radius 3 is 2.34 bits per heavy atom. The number of carbonyl (C=O) groups is 2. The Hall–Kier alpha value is -2.28. The first-order chi connectivity index (χ1) is 18.1. The van der Waals surface area contributed by atoms with Crippen molar-refractivity contribution >= 4 is 35.2 Å². The largest absolute Gasteiger partial charge is 0.415 e. The summed E-state index contributed by atoms with van der Waals surface area (Å²) in [7, 11) is 1.82. The molecule has 0 N–H and O–H groups in total. The molecule has 3 fully saturated rings. The molecule has 2 unspecified atom stereocenters. The second-order valence-electron chi connectivity index (χ2n) is 11.7. The average Bonchev–Trinajstić information content (AvgIpc) is 3.53. The van der Waals surface area contributed by atoms with Gasteiger partial charge in [-0.05, 0) is 68.4 Å². The van der Waals surface area contributed by atoms with Gasteiger partial charge < -0.3 is 19.4 Å². The molecule has 2 aliphatic heterocycles. The van der Waals surface area contributed by atoms with E-state index >= 15 is 0 Å². The lowest BCUT2D eigenvalue weighted by Gasteiger charge is -2.35. The third-order valence-corrected chi connectivity index (χ3v) is 9.42. The molecule has 0 radical (unpaired) electrons. The molecule has 204 valence electrons. The van der Waals surface area contributed by atoms with Crippen LogP contribution in [0.3, 0.4) is 0 Å². The van der Waals surface area contributed by atoms with Crippen LogP contribution >= 0.6 is 23.2 Å². The predicted molar refractivity (Wildman–Crippen MR) is 151 cm³/mol. The Labute approximate surface area is 235 Å². The van der Waals surface area contributed by atoms with Gasteiger partial charge in [0.05, 0.1) is 16.1 Å². The van der Waals surface area contributed by atoms with Crippen molar-refractivity contribution in [2.45, 2.75) is 51.5 Å². The number of piperidine rings is 1. The molecule has 2 heterocycles. The molecule has 0 spiro atoms. The molecule has 6 nitrogen and oxygen atoms in total. The van der Waals surface area contributed by atoms with Gasteiger partial charge in [-0.1, -0.05) is 53.9 Å². The third-order valence-electron chi connectivity index (χ3n) is 8.68. The number of hydrogen-bond donors (Lipinski definition) is 0. The van der Waals surface area contributed by atoms with Gasteiger partial charge >= 0.3 is 6.09 Å². The van der Waals surface area contributed by atoms with Crippen molar-refractivity contribution in [1.29, 1.82) is 0 Å². The van der Waals surface area contributed by atoms with Crippen molar-refractivity contribution in [1.82, 2.24) is 14.7 Å². The first kappa shape index (κ1) is 27.3. The average molecular weight is 559 g/mol. The zero-order valence-corrected chi connectivity index (χ0v) is 24.0. The number of amides is 2. The van der Waals surface area contributed by atoms with Gasteiger partial charge in [-0.3, -0.25) is 4.79 Å². The van der Waals surface area contributed by atoms with Gasteiger partial charge in [0.25, 0.3) is 0 Å². The number of rotatable bonds is 6. The number of aryl methyl sites for hydroxylation is 1. The summed E-state index contributed by atoms with van der Waals surface area (Å²) >= 11 is 12.6. The van der Waals surface area contributed by atoms with Gasteiger partial charge in [-0.2, -0.15) is 0 Å². The molecule has 2 aromatic carbocycles. The summed E-state index contributed by atoms with van der Waals surface area (Å²) in [6, 6.07) is 13.2. The highest BCUT2D eigenvalue weighted by molar-refractivity contribution is 6.42. The van der Waals surface area contributed by atoms with Gasteiger partial charge in [0.15, 0.2) is 0 Å². The van der Waals surface area contributed by atoms with Gasteiger partial charge in [-0.25, -0.2) is 4.79 Å². The lowest BCUT2D eigenvalue weighted by molar-refractivity contribution is -0.137. The molecular weight excluding hydrogens is 521 g/mol. The maximum absolute atomic E-state index is 13.2. The molecule has 38 heavy (non-hydrogen) atoms. The monoisotopic (exact) mass is 557 g/mol. The molecular formula is C30H37Cl2N3O3. The number of nitrogens with zero attached hydrogens (tertiary/aromatic N) is 3. The first-order valence-corrected chi connectivity index (χ1v) is 14.4. The highest BCUT2D eigenvalue weighted by Crippen LogP contribution is 2.47. The predicted octanol–water partition coefficient (Wildman–Crippen LogP) is 6.24. The van der Waals surface area contributed by atoms with Crippen molar-refractivity contribution in [2.24, 2.45) is 11.3 Å². The number of likely N-dealkylation sites (tertiary alicyclic amines) is 2. The molecule has 3 aliphatic rings. The van der Waals surface area contributed by atoms with E-state index in [2.05, 4.69) is 16.7 Å². The van der Waals surface area contributed by atoms with Gasteiger partial charge in [-0.15, -0.1) is 0 Å². The summed E-state index contributed by atoms with van der Waals surface area (Å²) in [5, 5.41) is 1.04. The second kappa shape index (κ2) is 11.1. The SMILES string of the molecule is Cc1ccc(OC(=O)N(C)C2CN(CC3CCN(C(=O)C4(C)CC4)CC3)CC2c2ccc(Cl)c(Cl)c2)cc1. The Bertz CT molecular complexity index is 1180. The van der Waals surface area contributed by atoms with Crippen LogP contribution in [0, 0.1) is 18.3 Å². The van der Waals surface area contributed by atoms with Crippen LogP contribution in [0.5, 0.6) is 5.75 Å². The topological polar surface area (TPSA) is 53.1 Å². The maximum Gasteiger partial charge on any atom is 0.415 e. The lowest BCUT2D eigenvalue weighted by Crippen LogP contribution is -2.45. The minimum absolute atomic E-state index is 0.0679. The fourth-order valence-corrected chi connectivity index (χ4v) is 6.17. The Kier molecular flexibility index (Phi) is 7.95. The lowest BCUT2D eigenvalue weighted by atomic mass is 9.93. The van der Waals surface area contributed by atoms with Crippen molar-refractivity contribution in [3.05, 3.63) is 63.6 Å². The van der Waals surface area contributed by atoms with E-state index in [4.69, 9.17) is 27.9 Å². The van der Waals surface area contributed by atoms with E-state index in [0.717, 1.165) is 69.5 Å². The maximum atomic E-state index is 13.2. The quantitative estimate of drug-likeness (QED) is 0.421. The minimum atomic E-state index is -0.369. The van der Waals surface area contributed by atoms with Crippen LogP contribution in [0.4, 0.5) is 4.79 Å². The van der Waals surface area contributed by atoms with E-state index in [-0.39, 0.29) is 23.5 Å². The standard InChI is InChI=1S/C30H37Cl2N3O3/c1-20-4-7-23(8-5-20)38-29(37)33(3)27-19-34(18-24(27)22-6-9-25(31)26(32)16-22)17-21-10-14-35(15-11-21)28(36)30(2)12-13-30/h4-9,16,21,24,27H,10-15,17-19H2,1-3H3. The van der Waals surface area contributed by atoms with Crippen molar-refractivity contribution < 1.29 is 14.3 Å². The molecule has 8 heteroatoms. The van der Waals surface area contributed by atoms with Crippen molar-refractivity contribution in [3.63, 3.8) is 0 Å². The zero-order chi connectivity index (χ0) is 27.0. The summed E-state index contributed by atoms with van der Waals surface area (Å²) in [5.74, 6) is 1.49.